The Labute approximate surface area is 120 Å². The smallest absolute Gasteiger partial charge is 0.335 e. The first-order valence-corrected chi connectivity index (χ1v) is 6.49. The van der Waals surface area contributed by atoms with Crippen molar-refractivity contribution in [3.63, 3.8) is 0 Å². The molecular weight excluding hydrogens is 284 g/mol. The maximum Gasteiger partial charge on any atom is 0.335 e. The Bertz CT molecular complexity index is 518. The fraction of sp³-hybridized carbons (Fsp3) is 0.429. The lowest BCUT2D eigenvalue weighted by atomic mass is 10.1. The molecule has 1 unspecified atom stereocenters. The number of carbonyl (C=O) groups is 2. The molecule has 1 aromatic carbocycles. The fourth-order valence-corrected chi connectivity index (χ4v) is 2.24. The number of alkyl halides is 2. The summed E-state index contributed by atoms with van der Waals surface area (Å²) in [5.74, 6) is -1.48. The quantitative estimate of drug-likeness (QED) is 0.922. The molecule has 21 heavy (non-hydrogen) atoms. The molecule has 1 saturated heterocycles. The van der Waals surface area contributed by atoms with E-state index in [2.05, 4.69) is 0 Å². The average Bonchev–Trinajstić information content (AvgIpc) is 2.46. The van der Waals surface area contributed by atoms with Gasteiger partial charge in [0.2, 0.25) is 6.43 Å². The fourth-order valence-electron chi connectivity index (χ4n) is 2.24. The largest absolute Gasteiger partial charge is 0.478 e. The first-order valence-electron chi connectivity index (χ1n) is 6.49. The predicted octanol–water partition coefficient (Wildman–Crippen LogP) is 1.88. The molecule has 1 heterocycles. The maximum atomic E-state index is 12.5. The van der Waals surface area contributed by atoms with Crippen LogP contribution in [0.25, 0.3) is 0 Å². The van der Waals surface area contributed by atoms with Crippen LogP contribution >= 0.6 is 0 Å². The van der Waals surface area contributed by atoms with Crippen LogP contribution in [-0.4, -0.2) is 54.1 Å². The van der Waals surface area contributed by atoms with Crippen molar-refractivity contribution in [1.29, 1.82) is 0 Å². The highest BCUT2D eigenvalue weighted by Crippen LogP contribution is 2.18. The van der Waals surface area contributed by atoms with E-state index < -0.39 is 24.9 Å². The Balaban J connectivity index is 2.14. The number of nitrogens with zero attached hydrogens (tertiary/aromatic N) is 1. The first-order chi connectivity index (χ1) is 9.99. The normalized spacial score (nSPS) is 18.8. The van der Waals surface area contributed by atoms with Crippen molar-refractivity contribution in [2.24, 2.45) is 0 Å². The third-order valence-electron chi connectivity index (χ3n) is 3.32. The first kappa shape index (κ1) is 15.4. The second-order valence-electron chi connectivity index (χ2n) is 4.74. The number of benzene rings is 1. The highest BCUT2D eigenvalue weighted by Gasteiger charge is 2.30. The van der Waals surface area contributed by atoms with E-state index in [1.807, 2.05) is 0 Å². The number of amides is 1. The zero-order valence-corrected chi connectivity index (χ0v) is 11.2. The van der Waals surface area contributed by atoms with Crippen LogP contribution in [0.15, 0.2) is 24.3 Å². The molecule has 1 aromatic rings. The molecule has 0 spiro atoms. The molecule has 1 atom stereocenters. The van der Waals surface area contributed by atoms with Gasteiger partial charge in [-0.05, 0) is 24.3 Å². The molecule has 114 valence electrons. The van der Waals surface area contributed by atoms with Gasteiger partial charge < -0.3 is 14.7 Å². The second kappa shape index (κ2) is 6.62. The Morgan fingerprint density at radius 3 is 2.48 bits per heavy atom. The molecule has 0 radical (unpaired) electrons. The van der Waals surface area contributed by atoms with Gasteiger partial charge in [-0.2, -0.15) is 0 Å². The molecule has 7 heteroatoms. The van der Waals surface area contributed by atoms with Gasteiger partial charge in [0.1, 0.15) is 0 Å². The third-order valence-corrected chi connectivity index (χ3v) is 3.32. The lowest BCUT2D eigenvalue weighted by Gasteiger charge is -2.35. The van der Waals surface area contributed by atoms with E-state index in [4.69, 9.17) is 9.84 Å². The summed E-state index contributed by atoms with van der Waals surface area (Å²) in [6.45, 7) is 0.638. The molecule has 0 aromatic heterocycles. The highest BCUT2D eigenvalue weighted by atomic mass is 19.3. The lowest BCUT2D eigenvalue weighted by Crippen LogP contribution is -2.49. The van der Waals surface area contributed by atoms with Gasteiger partial charge in [0.25, 0.3) is 5.91 Å². The zero-order valence-electron chi connectivity index (χ0n) is 11.2. The minimum atomic E-state index is -2.51. The minimum absolute atomic E-state index is 0.0673. The molecule has 0 saturated carbocycles. The molecule has 1 amide bonds. The van der Waals surface area contributed by atoms with E-state index in [1.54, 1.807) is 0 Å². The van der Waals surface area contributed by atoms with Gasteiger partial charge in [0, 0.05) is 18.5 Å². The maximum absolute atomic E-state index is 12.5. The molecule has 1 aliphatic heterocycles. The molecule has 5 nitrogen and oxygen atoms in total. The van der Waals surface area contributed by atoms with Crippen LogP contribution in [0.2, 0.25) is 0 Å². The number of carboxylic acid groups (broad SMARTS) is 1. The van der Waals surface area contributed by atoms with Gasteiger partial charge in [-0.15, -0.1) is 0 Å². The number of carboxylic acids is 1. The lowest BCUT2D eigenvalue weighted by molar-refractivity contribution is -0.0216. The SMILES string of the molecule is O=C(O)c1ccc(C(=O)N2CCOCC2CC(F)F)cc1. The number of carbonyl (C=O) groups excluding carboxylic acids is 1. The topological polar surface area (TPSA) is 66.8 Å². The predicted molar refractivity (Wildman–Crippen MR) is 69.7 cm³/mol. The summed E-state index contributed by atoms with van der Waals surface area (Å²) in [6.07, 6.45) is -2.94. The number of rotatable bonds is 4. The summed E-state index contributed by atoms with van der Waals surface area (Å²) in [5, 5.41) is 8.81. The van der Waals surface area contributed by atoms with Crippen LogP contribution in [0.3, 0.4) is 0 Å². The van der Waals surface area contributed by atoms with Crippen LogP contribution in [0.5, 0.6) is 0 Å². The summed E-state index contributed by atoms with van der Waals surface area (Å²) >= 11 is 0. The average molecular weight is 299 g/mol. The third kappa shape index (κ3) is 3.75. The van der Waals surface area contributed by atoms with E-state index in [0.717, 1.165) is 0 Å². The van der Waals surface area contributed by atoms with Crippen molar-refractivity contribution >= 4 is 11.9 Å². The second-order valence-corrected chi connectivity index (χ2v) is 4.74. The summed E-state index contributed by atoms with van der Waals surface area (Å²) < 4.78 is 30.2. The summed E-state index contributed by atoms with van der Waals surface area (Å²) in [5.41, 5.74) is 0.346. The zero-order chi connectivity index (χ0) is 15.4. The van der Waals surface area contributed by atoms with E-state index >= 15 is 0 Å². The van der Waals surface area contributed by atoms with Crippen molar-refractivity contribution in [1.82, 2.24) is 4.90 Å². The molecule has 0 bridgehead atoms. The van der Waals surface area contributed by atoms with Gasteiger partial charge in [0.05, 0.1) is 24.8 Å². The number of hydrogen-bond acceptors (Lipinski definition) is 3. The molecule has 0 aliphatic carbocycles. The van der Waals surface area contributed by atoms with E-state index in [1.165, 1.54) is 29.2 Å². The van der Waals surface area contributed by atoms with E-state index in [0.29, 0.717) is 6.61 Å². The Hall–Kier alpha value is -2.02. The Kier molecular flexibility index (Phi) is 4.85. The van der Waals surface area contributed by atoms with Crippen molar-refractivity contribution in [2.75, 3.05) is 19.8 Å². The van der Waals surface area contributed by atoms with Crippen LogP contribution in [0.4, 0.5) is 8.78 Å². The monoisotopic (exact) mass is 299 g/mol. The van der Waals surface area contributed by atoms with E-state index in [9.17, 15) is 18.4 Å². The van der Waals surface area contributed by atoms with Crippen LogP contribution in [0, 0.1) is 0 Å². The van der Waals surface area contributed by atoms with Crippen LogP contribution in [0.1, 0.15) is 27.1 Å². The summed E-state index contributed by atoms with van der Waals surface area (Å²) in [4.78, 5) is 24.5. The number of aromatic carboxylic acids is 1. The number of morpholine rings is 1. The van der Waals surface area contributed by atoms with Crippen molar-refractivity contribution < 1.29 is 28.2 Å². The van der Waals surface area contributed by atoms with Crippen molar-refractivity contribution in [3.8, 4) is 0 Å². The summed E-state index contributed by atoms with van der Waals surface area (Å²) in [7, 11) is 0. The number of halogens is 2. The Morgan fingerprint density at radius 1 is 1.29 bits per heavy atom. The molecular formula is C14H15F2NO4. The van der Waals surface area contributed by atoms with Crippen LogP contribution < -0.4 is 0 Å². The number of hydrogen-bond donors (Lipinski definition) is 1. The number of ether oxygens (including phenoxy) is 1. The van der Waals surface area contributed by atoms with Gasteiger partial charge in [0.15, 0.2) is 0 Å². The van der Waals surface area contributed by atoms with Crippen LogP contribution in [-0.2, 0) is 4.74 Å². The molecule has 1 aliphatic rings. The van der Waals surface area contributed by atoms with Gasteiger partial charge in [-0.1, -0.05) is 0 Å². The minimum Gasteiger partial charge on any atom is -0.478 e. The molecule has 1 N–H and O–H groups in total. The Morgan fingerprint density at radius 2 is 1.90 bits per heavy atom. The van der Waals surface area contributed by atoms with Crippen molar-refractivity contribution in [2.45, 2.75) is 18.9 Å². The summed E-state index contributed by atoms with van der Waals surface area (Å²) in [6, 6.07) is 4.75. The van der Waals surface area contributed by atoms with Gasteiger partial charge >= 0.3 is 5.97 Å². The van der Waals surface area contributed by atoms with Gasteiger partial charge in [-0.25, -0.2) is 13.6 Å². The standard InChI is InChI=1S/C14H15F2NO4/c15-12(16)7-11-8-21-6-5-17(11)13(18)9-1-3-10(4-2-9)14(19)20/h1-4,11-12H,5-8H2,(H,19,20). The van der Waals surface area contributed by atoms with Crippen molar-refractivity contribution in [3.05, 3.63) is 35.4 Å². The highest BCUT2D eigenvalue weighted by molar-refractivity contribution is 5.96. The molecule has 1 fully saturated rings. The molecule has 2 rings (SSSR count). The van der Waals surface area contributed by atoms with Gasteiger partial charge in [-0.3, -0.25) is 4.79 Å². The van der Waals surface area contributed by atoms with E-state index in [-0.39, 0.29) is 30.2 Å².